The maximum atomic E-state index is 9.62. The molecule has 14 rings (SSSR count). The van der Waals surface area contributed by atoms with Crippen LogP contribution in [0.3, 0.4) is 0 Å². The molecule has 0 amide bonds. The first-order valence-corrected chi connectivity index (χ1v) is 50.2. The summed E-state index contributed by atoms with van der Waals surface area (Å²) >= 11 is 0. The maximum absolute atomic E-state index is 9.62. The van der Waals surface area contributed by atoms with Gasteiger partial charge in [-0.1, -0.05) is 350 Å². The first-order valence-electron chi connectivity index (χ1n) is 52.7. The number of aromatic nitrogens is 4. The zero-order valence-corrected chi connectivity index (χ0v) is 86.8. The van der Waals surface area contributed by atoms with Crippen molar-refractivity contribution in [2.75, 3.05) is 0 Å². The SMILES string of the molecule is C.Cc1ccccc1-c1cc(-c2cc(C(C(C)C)C(C)C)cc(C(C(C)C)C(C)C)c2)cc[n+]1C.Cc1ccccc1-c1cc(-c2cccc(C3CCC(C4CCCCC4)CC3)c2)cc[n+]1C.[2H]C([2H])(c1cc(-c2ccc(-c3ccccc3C)[n+](C)c2)cc(C([2H])(C)C(C)(C)C)c1)C(C)(C)C.[2H]C(c1cc(-c2cc[n+](C)c(-c3ccccc3C)c2)cc(C([2H])(C(C)C)C(C)C)c1)(C(C)C)C(C)C. The number of hydrogen-bond donors (Lipinski definition) is 0. The molecule has 4 aromatic heterocycles. The predicted molar refractivity (Wildman–Crippen MR) is 572 cm³/mol. The van der Waals surface area contributed by atoms with E-state index in [1.54, 1.807) is 5.56 Å². The molecule has 12 aromatic rings. The van der Waals surface area contributed by atoms with Crippen LogP contribution >= 0.6 is 0 Å². The van der Waals surface area contributed by atoms with Gasteiger partial charge in [0.25, 0.3) is 0 Å². The van der Waals surface area contributed by atoms with Crippen LogP contribution in [0.5, 0.6) is 0 Å². The van der Waals surface area contributed by atoms with Crippen molar-refractivity contribution < 1.29 is 25.1 Å². The fourth-order valence-corrected chi connectivity index (χ4v) is 22.1. The topological polar surface area (TPSA) is 15.5 Å². The smallest absolute Gasteiger partial charge is 0.201 e. The van der Waals surface area contributed by atoms with Crippen molar-refractivity contribution in [3.8, 4) is 89.5 Å². The molecule has 1 unspecified atom stereocenters. The highest BCUT2D eigenvalue weighted by atomic mass is 14.9. The standard InChI is InChI=1S/2C33H46N.C31H38N.C30H40N.CH4/c2*1-21(2)32(22(3)4)28-17-27(18-29(19-28)33(23(5)6)24(7)8)26-15-16-34(10)31(20-26)30-14-12-11-13-25(30)9;1-23-9-6-7-14-30(23)31-22-29(19-20-32(31)2)28-13-8-12-27(21-28)26-17-15-25(16-18-26)24-10-4-3-5-11-24;1-21-12-10-11-13-27(21)28-15-14-24(20-31(28)9)26-17-23(19-29(3,4)5)16-25(18-26)22(2)30(6,7)8;/h2*11-24,32-33H,1-10H3;6-9,12-14,19-22,24-26H,3-5,10-11,15-18H2,1-2H3;10-18,20,22H,19H2,1-9H3;1H4/q4*+1;/i32D,33D;;;19D2,22D;. The van der Waals surface area contributed by atoms with Gasteiger partial charge in [-0.2, -0.15) is 0 Å². The molecule has 2 aliphatic rings. The largest absolute Gasteiger partial charge is 0.213 e. The Morgan fingerprint density at radius 1 is 0.311 bits per heavy atom. The van der Waals surface area contributed by atoms with E-state index in [0.29, 0.717) is 41.1 Å². The molecule has 2 fully saturated rings. The van der Waals surface area contributed by atoms with E-state index in [1.165, 1.54) is 147 Å². The van der Waals surface area contributed by atoms with Crippen LogP contribution in [0.15, 0.2) is 249 Å². The van der Waals surface area contributed by atoms with Crippen LogP contribution in [0, 0.1) is 97.7 Å². The van der Waals surface area contributed by atoms with E-state index in [4.69, 9.17) is 2.74 Å². The Morgan fingerprint density at radius 3 is 1.03 bits per heavy atom. The second kappa shape index (κ2) is 46.5. The minimum absolute atomic E-state index is 0. The van der Waals surface area contributed by atoms with Gasteiger partial charge >= 0.3 is 0 Å². The van der Waals surface area contributed by atoms with Crippen molar-refractivity contribution in [3.05, 3.63) is 310 Å². The summed E-state index contributed by atoms with van der Waals surface area (Å²) in [7, 11) is 8.43. The molecule has 0 aliphatic heterocycles. The normalized spacial score (nSPS) is 15.8. The lowest BCUT2D eigenvalue weighted by molar-refractivity contribution is -0.660. The minimum Gasteiger partial charge on any atom is -0.201 e. The molecule has 0 spiro atoms. The number of aryl methyl sites for hydroxylation is 8. The minimum atomic E-state index is -1.55. The zero-order chi connectivity index (χ0) is 99.8. The second-order valence-corrected chi connectivity index (χ2v) is 43.8. The lowest BCUT2D eigenvalue weighted by atomic mass is 9.70. The van der Waals surface area contributed by atoms with E-state index in [9.17, 15) is 4.11 Å². The number of rotatable bonds is 24. The molecule has 2 saturated carbocycles. The van der Waals surface area contributed by atoms with Crippen molar-refractivity contribution in [2.45, 2.75) is 294 Å². The molecule has 4 heteroatoms. The van der Waals surface area contributed by atoms with Gasteiger partial charge in [0.15, 0.2) is 24.8 Å². The average molecular weight is 1770 g/mol. The van der Waals surface area contributed by atoms with Gasteiger partial charge in [-0.25, -0.2) is 18.3 Å². The summed E-state index contributed by atoms with van der Waals surface area (Å²) in [6.07, 6.45) is 20.2. The van der Waals surface area contributed by atoms with E-state index in [0.717, 1.165) is 68.1 Å². The van der Waals surface area contributed by atoms with Gasteiger partial charge in [0.05, 0.1) is 0 Å². The van der Waals surface area contributed by atoms with Crippen LogP contribution in [0.25, 0.3) is 89.5 Å². The Morgan fingerprint density at radius 2 is 0.659 bits per heavy atom. The third-order valence-corrected chi connectivity index (χ3v) is 28.8. The predicted octanol–water partition coefficient (Wildman–Crippen LogP) is 34.4. The molecule has 0 bridgehead atoms. The first-order chi connectivity index (χ1) is 63.9. The summed E-state index contributed by atoms with van der Waals surface area (Å²) in [6.45, 7) is 58.8. The Balaban J connectivity index is 0.000000188. The van der Waals surface area contributed by atoms with Gasteiger partial charge in [0, 0.05) is 77.1 Å². The Hall–Kier alpha value is -9.64. The molecule has 1 atom stereocenters. The van der Waals surface area contributed by atoms with Crippen LogP contribution < -0.4 is 18.3 Å². The van der Waals surface area contributed by atoms with E-state index in [2.05, 4.69) is 436 Å². The number of benzene rings is 8. The summed E-state index contributed by atoms with van der Waals surface area (Å²) in [4.78, 5) is 0. The molecule has 0 N–H and O–H groups in total. The highest BCUT2D eigenvalue weighted by Crippen LogP contribution is 2.47. The van der Waals surface area contributed by atoms with Crippen LogP contribution in [-0.2, 0) is 34.6 Å². The van der Waals surface area contributed by atoms with Gasteiger partial charge < -0.3 is 0 Å². The van der Waals surface area contributed by atoms with Crippen LogP contribution in [-0.4, -0.2) is 0 Å². The monoisotopic (exact) mass is 1770 g/mol. The van der Waals surface area contributed by atoms with E-state index >= 15 is 0 Å². The van der Waals surface area contributed by atoms with Crippen molar-refractivity contribution in [3.63, 3.8) is 0 Å². The lowest BCUT2D eigenvalue weighted by Crippen LogP contribution is -2.30. The summed E-state index contributed by atoms with van der Waals surface area (Å²) in [5.74, 6) is 4.54. The number of nitrogens with zero attached hydrogens (tertiary/aromatic N) is 4. The molecule has 4 nitrogen and oxygen atoms in total. The van der Waals surface area contributed by atoms with Crippen LogP contribution in [0.2, 0.25) is 0 Å². The van der Waals surface area contributed by atoms with Gasteiger partial charge in [-0.3, -0.25) is 0 Å². The van der Waals surface area contributed by atoms with Crippen molar-refractivity contribution >= 4 is 0 Å². The third kappa shape index (κ3) is 26.7. The van der Waals surface area contributed by atoms with Gasteiger partial charge in [0.1, 0.15) is 28.2 Å². The van der Waals surface area contributed by atoms with E-state index in [-0.39, 0.29) is 36.5 Å². The van der Waals surface area contributed by atoms with Crippen molar-refractivity contribution in [1.82, 2.24) is 0 Å². The molecular weight excluding hydrogens is 1590 g/mol. The number of pyridine rings is 4. The Labute approximate surface area is 812 Å². The highest BCUT2D eigenvalue weighted by molar-refractivity contribution is 5.75. The molecule has 0 radical (unpaired) electrons. The van der Waals surface area contributed by atoms with Gasteiger partial charge in [0.2, 0.25) is 22.8 Å². The quantitative estimate of drug-likeness (QED) is 0.0536. The molecule has 4 heterocycles. The molecule has 702 valence electrons. The van der Waals surface area contributed by atoms with E-state index < -0.39 is 29.5 Å². The fraction of sp³-hybridized carbons (Fsp3) is 0.469. The van der Waals surface area contributed by atoms with E-state index in [1.807, 2.05) is 46.9 Å². The summed E-state index contributed by atoms with van der Waals surface area (Å²) in [5, 5.41) is 0. The summed E-state index contributed by atoms with van der Waals surface area (Å²) < 4.78 is 55.1. The molecule has 132 heavy (non-hydrogen) atoms. The summed E-state index contributed by atoms with van der Waals surface area (Å²) in [5.41, 5.74) is 31.6. The Bertz CT molecular complexity index is 5860. The van der Waals surface area contributed by atoms with Gasteiger partial charge in [-0.05, 0) is 296 Å². The Kier molecular flexibility index (Phi) is 34.2. The molecule has 0 saturated heterocycles. The second-order valence-electron chi connectivity index (χ2n) is 43.8. The highest BCUT2D eigenvalue weighted by Gasteiger charge is 2.33. The molecule has 8 aromatic carbocycles. The lowest BCUT2D eigenvalue weighted by Gasteiger charge is -2.36. The first kappa shape index (κ1) is 96.9. The molecular formula is C128H174N4+4. The third-order valence-electron chi connectivity index (χ3n) is 28.8. The zero-order valence-electron chi connectivity index (χ0n) is 91.8. The van der Waals surface area contributed by atoms with Gasteiger partial charge in [-0.15, -0.1) is 0 Å². The molecule has 2 aliphatic carbocycles. The summed E-state index contributed by atoms with van der Waals surface area (Å²) in [6, 6.07) is 81.7. The van der Waals surface area contributed by atoms with Crippen molar-refractivity contribution in [2.24, 2.45) is 98.2 Å². The maximum Gasteiger partial charge on any atom is 0.213 e. The van der Waals surface area contributed by atoms with Crippen molar-refractivity contribution in [1.29, 1.82) is 0 Å². The fourth-order valence-electron chi connectivity index (χ4n) is 22.1. The van der Waals surface area contributed by atoms with Crippen LogP contribution in [0.4, 0.5) is 0 Å². The number of hydrogen-bond acceptors (Lipinski definition) is 0. The average Bonchev–Trinajstić information content (AvgIpc) is 0.754. The van der Waals surface area contributed by atoms with Crippen LogP contribution in [0.1, 0.15) is 328 Å².